The van der Waals surface area contributed by atoms with E-state index in [1.54, 1.807) is 12.1 Å². The molecule has 0 amide bonds. The van der Waals surface area contributed by atoms with Gasteiger partial charge in [0, 0.05) is 10.2 Å². The minimum absolute atomic E-state index is 0.266. The average molecular weight is 408 g/mol. The average Bonchev–Trinajstić information content (AvgIpc) is 3.04. The highest BCUT2D eigenvalue weighted by atomic mass is 79.9. The maximum Gasteiger partial charge on any atom is 0.276 e. The Hall–Kier alpha value is -1.70. The molecule has 7 heteroatoms. The Morgan fingerprint density at radius 2 is 1.96 bits per heavy atom. The Balaban J connectivity index is 1.61. The number of hydrogen-bond acceptors (Lipinski definition) is 5. The van der Waals surface area contributed by atoms with Crippen molar-refractivity contribution in [2.75, 3.05) is 0 Å². The maximum atomic E-state index is 13.8. The van der Waals surface area contributed by atoms with E-state index in [1.165, 1.54) is 17.8 Å². The fourth-order valence-corrected chi connectivity index (χ4v) is 3.25. The maximum absolute atomic E-state index is 13.8. The smallest absolute Gasteiger partial charge is 0.276 e. The lowest BCUT2D eigenvalue weighted by molar-refractivity contribution is 0.385. The molecule has 2 N–H and O–H groups in total. The van der Waals surface area contributed by atoms with E-state index in [0.717, 1.165) is 5.56 Å². The predicted octanol–water partition coefficient (Wildman–Crippen LogP) is 4.51. The highest BCUT2D eigenvalue weighted by molar-refractivity contribution is 9.10. The molecule has 1 atom stereocenters. The number of aromatic nitrogens is 2. The topological polar surface area (TPSA) is 64.9 Å². The molecular weight excluding hydrogens is 393 g/mol. The van der Waals surface area contributed by atoms with E-state index >= 15 is 0 Å². The van der Waals surface area contributed by atoms with Crippen LogP contribution in [0.3, 0.4) is 0 Å². The van der Waals surface area contributed by atoms with Gasteiger partial charge < -0.3 is 10.2 Å². The lowest BCUT2D eigenvalue weighted by Gasteiger charge is -2.06. The van der Waals surface area contributed by atoms with Gasteiger partial charge in [0.2, 0.25) is 5.89 Å². The first-order valence-electron chi connectivity index (χ1n) is 7.31. The summed E-state index contributed by atoms with van der Waals surface area (Å²) in [6.07, 6.45) is 0.620. The zero-order valence-electron chi connectivity index (χ0n) is 12.7. The second kappa shape index (κ2) is 7.92. The summed E-state index contributed by atoms with van der Waals surface area (Å²) in [6.45, 7) is 0. The van der Waals surface area contributed by atoms with Gasteiger partial charge in [-0.2, -0.15) is 0 Å². The SMILES string of the molecule is NC(Cc1ccccc1)c1nnc(SCc2ccc(Br)cc2F)o1. The molecular formula is C17H15BrFN3OS. The Bertz CT molecular complexity index is 813. The molecule has 0 fully saturated rings. The molecule has 24 heavy (non-hydrogen) atoms. The van der Waals surface area contributed by atoms with Crippen LogP contribution in [0.1, 0.15) is 23.1 Å². The van der Waals surface area contributed by atoms with E-state index in [2.05, 4.69) is 26.1 Å². The summed E-state index contributed by atoms with van der Waals surface area (Å²) >= 11 is 4.52. The minimum atomic E-state index is -0.362. The Morgan fingerprint density at radius 3 is 2.71 bits per heavy atom. The second-order valence-electron chi connectivity index (χ2n) is 5.23. The van der Waals surface area contributed by atoms with Gasteiger partial charge in [-0.25, -0.2) is 4.39 Å². The first-order valence-corrected chi connectivity index (χ1v) is 9.09. The second-order valence-corrected chi connectivity index (χ2v) is 7.07. The number of nitrogens with two attached hydrogens (primary N) is 1. The monoisotopic (exact) mass is 407 g/mol. The fraction of sp³-hybridized carbons (Fsp3) is 0.176. The molecule has 0 aliphatic carbocycles. The van der Waals surface area contributed by atoms with Crippen molar-refractivity contribution in [3.8, 4) is 0 Å². The van der Waals surface area contributed by atoms with Crippen molar-refractivity contribution in [2.24, 2.45) is 5.73 Å². The van der Waals surface area contributed by atoms with E-state index in [1.807, 2.05) is 30.3 Å². The van der Waals surface area contributed by atoms with Gasteiger partial charge in [0.15, 0.2) is 0 Å². The van der Waals surface area contributed by atoms with Crippen LogP contribution in [-0.2, 0) is 12.2 Å². The molecule has 124 valence electrons. The standard InChI is InChI=1S/C17H15BrFN3OS/c18-13-7-6-12(14(19)9-13)10-24-17-22-21-16(23-17)15(20)8-11-4-2-1-3-5-11/h1-7,9,15H,8,10,20H2. The molecule has 0 saturated heterocycles. The van der Waals surface area contributed by atoms with Crippen molar-refractivity contribution in [1.82, 2.24) is 10.2 Å². The van der Waals surface area contributed by atoms with Gasteiger partial charge in [-0.1, -0.05) is 64.1 Å². The van der Waals surface area contributed by atoms with Crippen molar-refractivity contribution >= 4 is 27.7 Å². The van der Waals surface area contributed by atoms with Gasteiger partial charge in [0.05, 0.1) is 6.04 Å². The summed E-state index contributed by atoms with van der Waals surface area (Å²) in [5.74, 6) is 0.532. The highest BCUT2D eigenvalue weighted by Crippen LogP contribution is 2.26. The van der Waals surface area contributed by atoms with Crippen molar-refractivity contribution in [3.63, 3.8) is 0 Å². The van der Waals surface area contributed by atoms with Crippen molar-refractivity contribution < 1.29 is 8.81 Å². The number of hydrogen-bond donors (Lipinski definition) is 1. The Morgan fingerprint density at radius 1 is 1.17 bits per heavy atom. The summed E-state index contributed by atoms with van der Waals surface area (Å²) in [5, 5.41) is 8.36. The Kier molecular flexibility index (Phi) is 5.65. The van der Waals surface area contributed by atoms with Gasteiger partial charge in [0.25, 0.3) is 5.22 Å². The summed E-state index contributed by atoms with van der Waals surface area (Å²) in [5.41, 5.74) is 7.80. The Labute approximate surface area is 151 Å². The van der Waals surface area contributed by atoms with E-state index in [0.29, 0.717) is 33.3 Å². The number of nitrogens with zero attached hydrogens (tertiary/aromatic N) is 2. The first-order chi connectivity index (χ1) is 11.6. The zero-order chi connectivity index (χ0) is 16.9. The van der Waals surface area contributed by atoms with Crippen LogP contribution in [0, 0.1) is 5.82 Å². The molecule has 2 aromatic carbocycles. The van der Waals surface area contributed by atoms with Crippen LogP contribution in [0.5, 0.6) is 0 Å². The lowest BCUT2D eigenvalue weighted by Crippen LogP contribution is -2.13. The van der Waals surface area contributed by atoms with Gasteiger partial charge in [-0.05, 0) is 29.7 Å². The molecule has 3 aromatic rings. The normalized spacial score (nSPS) is 12.3. The minimum Gasteiger partial charge on any atom is -0.414 e. The quantitative estimate of drug-likeness (QED) is 0.609. The van der Waals surface area contributed by atoms with Crippen LogP contribution in [0.4, 0.5) is 4.39 Å². The molecule has 0 aliphatic heterocycles. The van der Waals surface area contributed by atoms with Crippen LogP contribution in [-0.4, -0.2) is 10.2 Å². The molecule has 0 spiro atoms. The molecule has 1 unspecified atom stereocenters. The van der Waals surface area contributed by atoms with E-state index in [-0.39, 0.29) is 11.9 Å². The third-order valence-electron chi connectivity index (χ3n) is 3.40. The molecule has 0 radical (unpaired) electrons. The summed E-state index contributed by atoms with van der Waals surface area (Å²) in [7, 11) is 0. The predicted molar refractivity (Wildman–Crippen MR) is 95.0 cm³/mol. The van der Waals surface area contributed by atoms with Crippen LogP contribution >= 0.6 is 27.7 Å². The summed E-state index contributed by atoms with van der Waals surface area (Å²) in [4.78, 5) is 0. The van der Waals surface area contributed by atoms with E-state index in [9.17, 15) is 4.39 Å². The van der Waals surface area contributed by atoms with Gasteiger partial charge >= 0.3 is 0 Å². The highest BCUT2D eigenvalue weighted by Gasteiger charge is 2.16. The van der Waals surface area contributed by atoms with Crippen LogP contribution < -0.4 is 5.73 Å². The first kappa shape index (κ1) is 17.1. The van der Waals surface area contributed by atoms with Crippen LogP contribution in [0.2, 0.25) is 0 Å². The molecule has 4 nitrogen and oxygen atoms in total. The number of thioether (sulfide) groups is 1. The third kappa shape index (κ3) is 4.43. The van der Waals surface area contributed by atoms with E-state index in [4.69, 9.17) is 10.2 Å². The van der Waals surface area contributed by atoms with Gasteiger partial charge in [0.1, 0.15) is 5.82 Å². The molecule has 0 saturated carbocycles. The van der Waals surface area contributed by atoms with E-state index < -0.39 is 0 Å². The fourth-order valence-electron chi connectivity index (χ4n) is 2.16. The molecule has 0 bridgehead atoms. The van der Waals surface area contributed by atoms with Gasteiger partial charge in [-0.15, -0.1) is 10.2 Å². The lowest BCUT2D eigenvalue weighted by atomic mass is 10.1. The molecule has 0 aliphatic rings. The van der Waals surface area contributed by atoms with Crippen LogP contribution in [0.25, 0.3) is 0 Å². The molecule has 1 heterocycles. The number of halogens is 2. The largest absolute Gasteiger partial charge is 0.414 e. The van der Waals surface area contributed by atoms with Crippen molar-refractivity contribution in [2.45, 2.75) is 23.4 Å². The summed E-state index contributed by atoms with van der Waals surface area (Å²) < 4.78 is 20.1. The molecule has 1 aromatic heterocycles. The number of rotatable bonds is 6. The number of benzene rings is 2. The zero-order valence-corrected chi connectivity index (χ0v) is 15.1. The van der Waals surface area contributed by atoms with Crippen molar-refractivity contribution in [3.05, 3.63) is 75.8 Å². The molecule has 3 rings (SSSR count). The van der Waals surface area contributed by atoms with Gasteiger partial charge in [-0.3, -0.25) is 0 Å². The third-order valence-corrected chi connectivity index (χ3v) is 4.76. The van der Waals surface area contributed by atoms with Crippen molar-refractivity contribution in [1.29, 1.82) is 0 Å². The summed E-state index contributed by atoms with van der Waals surface area (Å²) in [6, 6.07) is 14.5. The van der Waals surface area contributed by atoms with Crippen LogP contribution in [0.15, 0.2) is 62.6 Å².